The number of aryl methyl sites for hydroxylation is 2. The highest BCUT2D eigenvalue weighted by molar-refractivity contribution is 5.77. The maximum atomic E-state index is 10.5. The summed E-state index contributed by atoms with van der Waals surface area (Å²) in [4.78, 5) is 7.31. The summed E-state index contributed by atoms with van der Waals surface area (Å²) in [6.07, 6.45) is 3.67. The van der Waals surface area contributed by atoms with E-state index in [1.165, 1.54) is 30.5 Å². The second-order valence-electron chi connectivity index (χ2n) is 8.45. The van der Waals surface area contributed by atoms with Gasteiger partial charge in [0.05, 0.1) is 5.69 Å². The van der Waals surface area contributed by atoms with Crippen LogP contribution in [0.15, 0.2) is 54.6 Å². The van der Waals surface area contributed by atoms with Crippen LogP contribution in [0, 0.1) is 13.8 Å². The van der Waals surface area contributed by atoms with E-state index in [1.807, 2.05) is 19.1 Å². The highest BCUT2D eigenvalue weighted by atomic mass is 16.3. The van der Waals surface area contributed by atoms with Crippen molar-refractivity contribution >= 4 is 5.82 Å². The topological polar surface area (TPSA) is 48.4 Å². The zero-order valence-corrected chi connectivity index (χ0v) is 18.2. The number of aromatic nitrogens is 1. The molecule has 1 unspecified atom stereocenters. The quantitative estimate of drug-likeness (QED) is 0.562. The molecule has 1 aromatic heterocycles. The molecule has 3 aromatic rings. The van der Waals surface area contributed by atoms with Gasteiger partial charge in [0.15, 0.2) is 0 Å². The van der Waals surface area contributed by atoms with Gasteiger partial charge in [0.1, 0.15) is 11.6 Å². The Hall–Kier alpha value is -2.85. The number of nitrogens with one attached hydrogen (secondary N) is 1. The molecule has 1 aliphatic heterocycles. The molecule has 0 amide bonds. The fourth-order valence-electron chi connectivity index (χ4n) is 4.38. The molecule has 4 nitrogen and oxygen atoms in total. The summed E-state index contributed by atoms with van der Waals surface area (Å²) in [5.74, 6) is 1.11. The van der Waals surface area contributed by atoms with Crippen molar-refractivity contribution in [3.05, 3.63) is 65.7 Å². The Morgan fingerprint density at radius 1 is 1.07 bits per heavy atom. The molecule has 4 rings (SSSR count). The molecule has 0 saturated carbocycles. The van der Waals surface area contributed by atoms with Crippen LogP contribution in [-0.2, 0) is 0 Å². The zero-order chi connectivity index (χ0) is 21.1. The van der Waals surface area contributed by atoms with Crippen LogP contribution in [0.4, 0.5) is 5.82 Å². The van der Waals surface area contributed by atoms with Gasteiger partial charge in [0, 0.05) is 18.2 Å². The lowest BCUT2D eigenvalue weighted by atomic mass is 9.98. The van der Waals surface area contributed by atoms with Crippen molar-refractivity contribution < 1.29 is 5.11 Å². The van der Waals surface area contributed by atoms with Crippen molar-refractivity contribution in [3.8, 4) is 28.1 Å². The largest absolute Gasteiger partial charge is 0.507 e. The van der Waals surface area contributed by atoms with Crippen LogP contribution >= 0.6 is 0 Å². The van der Waals surface area contributed by atoms with E-state index in [1.54, 1.807) is 6.07 Å². The maximum absolute atomic E-state index is 10.5. The maximum Gasteiger partial charge on any atom is 0.127 e. The fourth-order valence-corrected chi connectivity index (χ4v) is 4.38. The van der Waals surface area contributed by atoms with Crippen molar-refractivity contribution in [1.82, 2.24) is 9.88 Å². The number of rotatable bonds is 6. The molecule has 1 fully saturated rings. The summed E-state index contributed by atoms with van der Waals surface area (Å²) in [5, 5.41) is 14.0. The Bertz CT molecular complexity index is 1030. The van der Waals surface area contributed by atoms with Crippen LogP contribution in [0.2, 0.25) is 0 Å². The van der Waals surface area contributed by atoms with Crippen molar-refractivity contribution in [2.24, 2.45) is 0 Å². The van der Waals surface area contributed by atoms with E-state index < -0.39 is 0 Å². The number of likely N-dealkylation sites (tertiary alicyclic amines) is 1. The highest BCUT2D eigenvalue weighted by Crippen LogP contribution is 2.34. The molecular weight excluding hydrogens is 370 g/mol. The first-order valence-corrected chi connectivity index (χ1v) is 10.8. The number of phenolic OH excluding ortho intramolecular Hbond substituents is 1. The number of pyridine rings is 1. The van der Waals surface area contributed by atoms with Crippen LogP contribution < -0.4 is 5.32 Å². The average Bonchev–Trinajstić information content (AvgIpc) is 3.15. The lowest BCUT2D eigenvalue weighted by Gasteiger charge is -2.20. The minimum Gasteiger partial charge on any atom is -0.507 e. The van der Waals surface area contributed by atoms with Crippen LogP contribution in [0.1, 0.15) is 30.4 Å². The van der Waals surface area contributed by atoms with Gasteiger partial charge in [-0.05, 0) is 87.7 Å². The van der Waals surface area contributed by atoms with E-state index in [-0.39, 0.29) is 5.75 Å². The van der Waals surface area contributed by atoms with Crippen LogP contribution in [0.3, 0.4) is 0 Å². The molecule has 0 aliphatic carbocycles. The van der Waals surface area contributed by atoms with Gasteiger partial charge in [-0.2, -0.15) is 0 Å². The summed E-state index contributed by atoms with van der Waals surface area (Å²) >= 11 is 0. The minimum atomic E-state index is 0.258. The average molecular weight is 402 g/mol. The van der Waals surface area contributed by atoms with Gasteiger partial charge in [-0.15, -0.1) is 0 Å². The van der Waals surface area contributed by atoms with Crippen LogP contribution in [-0.4, -0.2) is 41.2 Å². The summed E-state index contributed by atoms with van der Waals surface area (Å²) in [5.41, 5.74) is 6.18. The molecule has 1 saturated heterocycles. The van der Waals surface area contributed by atoms with E-state index in [2.05, 4.69) is 60.6 Å². The Kier molecular flexibility index (Phi) is 6.05. The van der Waals surface area contributed by atoms with Crippen molar-refractivity contribution in [2.75, 3.05) is 25.5 Å². The van der Waals surface area contributed by atoms with E-state index in [0.717, 1.165) is 41.2 Å². The Morgan fingerprint density at radius 2 is 1.90 bits per heavy atom. The predicted octanol–water partition coefficient (Wildman–Crippen LogP) is 5.63. The van der Waals surface area contributed by atoms with Gasteiger partial charge in [-0.1, -0.05) is 35.9 Å². The third-order valence-corrected chi connectivity index (χ3v) is 6.16. The second-order valence-corrected chi connectivity index (χ2v) is 8.45. The molecule has 4 heteroatoms. The van der Waals surface area contributed by atoms with Crippen molar-refractivity contribution in [1.29, 1.82) is 0 Å². The molecule has 1 atom stereocenters. The van der Waals surface area contributed by atoms with E-state index in [4.69, 9.17) is 4.98 Å². The van der Waals surface area contributed by atoms with E-state index in [0.29, 0.717) is 6.04 Å². The molecule has 1 aliphatic rings. The molecule has 0 radical (unpaired) electrons. The predicted molar refractivity (Wildman–Crippen MR) is 125 cm³/mol. The van der Waals surface area contributed by atoms with Crippen LogP contribution in [0.25, 0.3) is 22.4 Å². The molecule has 2 N–H and O–H groups in total. The number of phenols is 1. The fraction of sp³-hybridized carbons (Fsp3) is 0.346. The molecule has 0 spiro atoms. The number of benzene rings is 2. The monoisotopic (exact) mass is 401 g/mol. The molecule has 2 aromatic carbocycles. The minimum absolute atomic E-state index is 0.258. The Morgan fingerprint density at radius 3 is 2.67 bits per heavy atom. The van der Waals surface area contributed by atoms with Gasteiger partial charge in [0.25, 0.3) is 0 Å². The SMILES string of the molecule is Cc1ccc(O)c(-c2cc(-c3ccccc3C)cc(NCCC3CCCN3C)n2)c1. The number of hydrogen-bond donors (Lipinski definition) is 2. The molecule has 2 heterocycles. The lowest BCUT2D eigenvalue weighted by molar-refractivity contribution is 0.301. The van der Waals surface area contributed by atoms with Gasteiger partial charge in [0.2, 0.25) is 0 Å². The van der Waals surface area contributed by atoms with Crippen molar-refractivity contribution in [3.63, 3.8) is 0 Å². The summed E-state index contributed by atoms with van der Waals surface area (Å²) in [6.45, 7) is 6.24. The van der Waals surface area contributed by atoms with E-state index in [9.17, 15) is 5.11 Å². The normalized spacial score (nSPS) is 16.7. The van der Waals surface area contributed by atoms with Gasteiger partial charge >= 0.3 is 0 Å². The number of aromatic hydroxyl groups is 1. The smallest absolute Gasteiger partial charge is 0.127 e. The summed E-state index contributed by atoms with van der Waals surface area (Å²) in [7, 11) is 2.22. The highest BCUT2D eigenvalue weighted by Gasteiger charge is 2.20. The molecular formula is C26H31N3O. The standard InChI is InChI=1S/C26H31N3O/c1-18-10-11-25(30)23(15-18)24-16-20(22-9-5-4-7-19(22)2)17-26(28-24)27-13-12-21-8-6-14-29(21)3/h4-5,7,9-11,15-17,21,30H,6,8,12-14H2,1-3H3,(H,27,28). The third-order valence-electron chi connectivity index (χ3n) is 6.16. The molecule has 30 heavy (non-hydrogen) atoms. The third kappa shape index (κ3) is 4.49. The number of nitrogens with zero attached hydrogens (tertiary/aromatic N) is 2. The number of hydrogen-bond acceptors (Lipinski definition) is 4. The van der Waals surface area contributed by atoms with Gasteiger partial charge in [-0.3, -0.25) is 0 Å². The molecule has 0 bridgehead atoms. The summed E-state index contributed by atoms with van der Waals surface area (Å²) < 4.78 is 0. The first kappa shape index (κ1) is 20.4. The second kappa shape index (κ2) is 8.88. The number of anilines is 1. The lowest BCUT2D eigenvalue weighted by Crippen LogP contribution is -2.27. The first-order valence-electron chi connectivity index (χ1n) is 10.8. The van der Waals surface area contributed by atoms with Gasteiger partial charge in [-0.25, -0.2) is 4.98 Å². The molecule has 156 valence electrons. The van der Waals surface area contributed by atoms with E-state index >= 15 is 0 Å². The Balaban J connectivity index is 1.67. The van der Waals surface area contributed by atoms with Crippen LogP contribution in [0.5, 0.6) is 5.75 Å². The Labute approximate surface area is 179 Å². The van der Waals surface area contributed by atoms with Crippen molar-refractivity contribution in [2.45, 2.75) is 39.2 Å². The zero-order valence-electron chi connectivity index (χ0n) is 18.2. The summed E-state index contributed by atoms with van der Waals surface area (Å²) in [6, 6.07) is 18.9. The first-order chi connectivity index (χ1) is 14.5. The van der Waals surface area contributed by atoms with Gasteiger partial charge < -0.3 is 15.3 Å².